The lowest BCUT2D eigenvalue weighted by atomic mass is 10.1. The van der Waals surface area contributed by atoms with Gasteiger partial charge in [0.05, 0.1) is 17.9 Å². The van der Waals surface area contributed by atoms with Gasteiger partial charge < -0.3 is 15.2 Å². The molecule has 1 rings (SSSR count). The molecule has 0 amide bonds. The number of nitrogens with one attached hydrogen (secondary N) is 1. The molecule has 0 radical (unpaired) electrons. The Balaban J connectivity index is 2.31. The van der Waals surface area contributed by atoms with Crippen LogP contribution >= 0.6 is 11.3 Å². The molecule has 0 aromatic carbocycles. The summed E-state index contributed by atoms with van der Waals surface area (Å²) in [5.41, 5.74) is 0.321. The normalized spacial score (nSPS) is 12.0. The fourth-order valence-corrected chi connectivity index (χ4v) is 1.88. The fourth-order valence-electron chi connectivity index (χ4n) is 1.12. The highest BCUT2D eigenvalue weighted by molar-refractivity contribution is 7.09. The van der Waals surface area contributed by atoms with Crippen LogP contribution < -0.4 is 5.32 Å². The van der Waals surface area contributed by atoms with Crippen LogP contribution in [0.3, 0.4) is 0 Å². The van der Waals surface area contributed by atoms with E-state index in [1.54, 1.807) is 32.3 Å². The van der Waals surface area contributed by atoms with Crippen LogP contribution in [-0.2, 0) is 17.9 Å². The van der Waals surface area contributed by atoms with E-state index < -0.39 is 5.60 Å². The number of ether oxygens (including phenoxy) is 1. The fraction of sp³-hybridized carbons (Fsp3) is 0.700. The monoisotopic (exact) mass is 230 g/mol. The Kier molecular flexibility index (Phi) is 4.66. The number of hydrogen-bond donors (Lipinski definition) is 2. The van der Waals surface area contributed by atoms with E-state index >= 15 is 0 Å². The van der Waals surface area contributed by atoms with Crippen molar-refractivity contribution in [1.82, 2.24) is 10.3 Å². The molecule has 1 aromatic rings. The Hall–Kier alpha value is -0.490. The van der Waals surface area contributed by atoms with Crippen molar-refractivity contribution in [3.8, 4) is 0 Å². The summed E-state index contributed by atoms with van der Waals surface area (Å²) in [6, 6.07) is 0. The molecule has 4 nitrogen and oxygen atoms in total. The quantitative estimate of drug-likeness (QED) is 0.770. The second-order valence-electron chi connectivity index (χ2n) is 4.08. The molecule has 5 heteroatoms. The Labute approximate surface area is 94.3 Å². The molecule has 0 fully saturated rings. The summed E-state index contributed by atoms with van der Waals surface area (Å²) < 4.78 is 4.99. The molecule has 1 heterocycles. The van der Waals surface area contributed by atoms with E-state index in [0.717, 1.165) is 10.7 Å². The van der Waals surface area contributed by atoms with E-state index in [1.807, 2.05) is 5.38 Å². The second kappa shape index (κ2) is 5.55. The lowest BCUT2D eigenvalue weighted by Crippen LogP contribution is -2.34. The Morgan fingerprint density at radius 1 is 1.60 bits per heavy atom. The van der Waals surface area contributed by atoms with Gasteiger partial charge in [-0.25, -0.2) is 4.98 Å². The molecule has 0 saturated heterocycles. The molecule has 86 valence electrons. The first-order chi connectivity index (χ1) is 7.01. The standard InChI is InChI=1S/C10H18N2O2S/c1-10(2,13)7-11-4-8-6-15-9(12-8)5-14-3/h6,11,13H,4-5,7H2,1-3H3. The van der Waals surface area contributed by atoms with Gasteiger partial charge >= 0.3 is 0 Å². The molecule has 0 saturated carbocycles. The highest BCUT2D eigenvalue weighted by atomic mass is 32.1. The van der Waals surface area contributed by atoms with Crippen molar-refractivity contribution in [2.24, 2.45) is 0 Å². The van der Waals surface area contributed by atoms with Gasteiger partial charge in [-0.1, -0.05) is 0 Å². The SMILES string of the molecule is COCc1nc(CNCC(C)(C)O)cs1. The van der Waals surface area contributed by atoms with Crippen LogP contribution in [0, 0.1) is 0 Å². The average molecular weight is 230 g/mol. The molecule has 2 N–H and O–H groups in total. The van der Waals surface area contributed by atoms with Gasteiger partial charge in [-0.2, -0.15) is 0 Å². The van der Waals surface area contributed by atoms with E-state index in [0.29, 0.717) is 19.7 Å². The number of hydrogen-bond acceptors (Lipinski definition) is 5. The maximum atomic E-state index is 9.48. The van der Waals surface area contributed by atoms with Crippen molar-refractivity contribution in [2.45, 2.75) is 32.6 Å². The Morgan fingerprint density at radius 3 is 2.93 bits per heavy atom. The molecule has 1 aromatic heterocycles. The van der Waals surface area contributed by atoms with Crippen molar-refractivity contribution in [1.29, 1.82) is 0 Å². The van der Waals surface area contributed by atoms with E-state index in [2.05, 4.69) is 10.3 Å². The first-order valence-corrected chi connectivity index (χ1v) is 5.74. The summed E-state index contributed by atoms with van der Waals surface area (Å²) in [6.45, 7) is 5.36. The average Bonchev–Trinajstić information content (AvgIpc) is 2.51. The lowest BCUT2D eigenvalue weighted by molar-refractivity contribution is 0.0794. The molecule has 0 unspecified atom stereocenters. The zero-order chi connectivity index (χ0) is 11.3. The molecule has 0 aliphatic rings. The minimum Gasteiger partial charge on any atom is -0.389 e. The summed E-state index contributed by atoms with van der Waals surface area (Å²) in [4.78, 5) is 4.37. The van der Waals surface area contributed by atoms with Gasteiger partial charge in [0.25, 0.3) is 0 Å². The van der Waals surface area contributed by atoms with Gasteiger partial charge in [-0.3, -0.25) is 0 Å². The van der Waals surface area contributed by atoms with Gasteiger partial charge in [0.15, 0.2) is 0 Å². The van der Waals surface area contributed by atoms with Crippen LogP contribution in [0.15, 0.2) is 5.38 Å². The first-order valence-electron chi connectivity index (χ1n) is 4.86. The lowest BCUT2D eigenvalue weighted by Gasteiger charge is -2.16. The molecule has 0 spiro atoms. The molecule has 0 atom stereocenters. The Morgan fingerprint density at radius 2 is 2.33 bits per heavy atom. The van der Waals surface area contributed by atoms with Gasteiger partial charge in [0.2, 0.25) is 0 Å². The molecular weight excluding hydrogens is 212 g/mol. The number of rotatable bonds is 6. The molecule has 0 aliphatic carbocycles. The maximum absolute atomic E-state index is 9.48. The number of thiazole rings is 1. The minimum atomic E-state index is -0.675. The van der Waals surface area contributed by atoms with Crippen LogP contribution in [-0.4, -0.2) is 29.3 Å². The van der Waals surface area contributed by atoms with Gasteiger partial charge in [0, 0.05) is 25.6 Å². The zero-order valence-corrected chi connectivity index (χ0v) is 10.2. The van der Waals surface area contributed by atoms with E-state index in [4.69, 9.17) is 4.74 Å². The highest BCUT2D eigenvalue weighted by Gasteiger charge is 2.11. The highest BCUT2D eigenvalue weighted by Crippen LogP contribution is 2.10. The molecular formula is C10H18N2O2S. The van der Waals surface area contributed by atoms with Crippen molar-refractivity contribution in [3.05, 3.63) is 16.1 Å². The third-order valence-corrected chi connectivity index (χ3v) is 2.60. The predicted octanol–water partition coefficient (Wildman–Crippen LogP) is 1.15. The van der Waals surface area contributed by atoms with Gasteiger partial charge in [-0.15, -0.1) is 11.3 Å². The largest absolute Gasteiger partial charge is 0.389 e. The number of methoxy groups -OCH3 is 1. The molecule has 0 bridgehead atoms. The smallest absolute Gasteiger partial charge is 0.119 e. The summed E-state index contributed by atoms with van der Waals surface area (Å²) in [7, 11) is 1.66. The summed E-state index contributed by atoms with van der Waals surface area (Å²) >= 11 is 1.59. The Bertz CT molecular complexity index is 294. The first kappa shape index (κ1) is 12.6. The summed E-state index contributed by atoms with van der Waals surface area (Å²) in [5.74, 6) is 0. The number of nitrogens with zero attached hydrogens (tertiary/aromatic N) is 1. The van der Waals surface area contributed by atoms with Crippen molar-refractivity contribution < 1.29 is 9.84 Å². The van der Waals surface area contributed by atoms with Crippen molar-refractivity contribution in [3.63, 3.8) is 0 Å². The maximum Gasteiger partial charge on any atom is 0.119 e. The second-order valence-corrected chi connectivity index (χ2v) is 5.02. The summed E-state index contributed by atoms with van der Waals surface area (Å²) in [6.07, 6.45) is 0. The van der Waals surface area contributed by atoms with Crippen molar-refractivity contribution in [2.75, 3.05) is 13.7 Å². The van der Waals surface area contributed by atoms with E-state index in [1.165, 1.54) is 0 Å². The minimum absolute atomic E-state index is 0.560. The number of aliphatic hydroxyl groups is 1. The summed E-state index contributed by atoms with van der Waals surface area (Å²) in [5, 5.41) is 15.6. The van der Waals surface area contributed by atoms with Gasteiger partial charge in [-0.05, 0) is 13.8 Å². The molecule has 0 aliphatic heterocycles. The zero-order valence-electron chi connectivity index (χ0n) is 9.41. The van der Waals surface area contributed by atoms with Crippen LogP contribution in [0.1, 0.15) is 24.5 Å². The van der Waals surface area contributed by atoms with Crippen LogP contribution in [0.5, 0.6) is 0 Å². The van der Waals surface area contributed by atoms with E-state index in [9.17, 15) is 5.11 Å². The molecule has 15 heavy (non-hydrogen) atoms. The van der Waals surface area contributed by atoms with Gasteiger partial charge in [0.1, 0.15) is 5.01 Å². The third-order valence-electron chi connectivity index (χ3n) is 1.73. The third kappa shape index (κ3) is 5.22. The van der Waals surface area contributed by atoms with Crippen LogP contribution in [0.2, 0.25) is 0 Å². The number of aromatic nitrogens is 1. The topological polar surface area (TPSA) is 54.4 Å². The van der Waals surface area contributed by atoms with Crippen LogP contribution in [0.25, 0.3) is 0 Å². The van der Waals surface area contributed by atoms with E-state index in [-0.39, 0.29) is 0 Å². The predicted molar refractivity (Wildman–Crippen MR) is 60.8 cm³/mol. The van der Waals surface area contributed by atoms with Crippen LogP contribution in [0.4, 0.5) is 0 Å². The van der Waals surface area contributed by atoms with Crippen molar-refractivity contribution >= 4 is 11.3 Å².